The number of ether oxygens (including phenoxy) is 1. The number of nitrogens with one attached hydrogen (secondary N) is 1. The van der Waals surface area contributed by atoms with Crippen molar-refractivity contribution in [3.8, 4) is 5.75 Å². The molecule has 1 aromatic carbocycles. The van der Waals surface area contributed by atoms with Crippen LogP contribution in [0, 0.1) is 11.8 Å². The number of fused-ring (bicyclic) bond motifs is 1. The van der Waals surface area contributed by atoms with E-state index < -0.39 is 0 Å². The quantitative estimate of drug-likeness (QED) is 0.908. The summed E-state index contributed by atoms with van der Waals surface area (Å²) < 4.78 is 5.69. The number of benzene rings is 1. The summed E-state index contributed by atoms with van der Waals surface area (Å²) in [5.41, 5.74) is 1.88. The van der Waals surface area contributed by atoms with E-state index in [1.165, 1.54) is 12.0 Å². The van der Waals surface area contributed by atoms with Crippen molar-refractivity contribution in [3.05, 3.63) is 29.3 Å². The number of carbonyl (C=O) groups excluding carboxylic acids is 1. The zero-order chi connectivity index (χ0) is 14.8. The number of carbonyl (C=O) groups is 1. The fourth-order valence-electron chi connectivity index (χ4n) is 3.57. The lowest BCUT2D eigenvalue weighted by Crippen LogP contribution is -2.38. The van der Waals surface area contributed by atoms with Crippen LogP contribution >= 0.6 is 0 Å². The molecule has 21 heavy (non-hydrogen) atoms. The topological polar surface area (TPSA) is 41.6 Å². The fraction of sp³-hybridized carbons (Fsp3) is 0.588. The molecule has 1 amide bonds. The van der Waals surface area contributed by atoms with Gasteiger partial charge < -0.3 is 10.1 Å². The Kier molecular flexibility index (Phi) is 4.15. The monoisotopic (exact) mass is 288 g/mol. The van der Waals surface area contributed by atoms with Gasteiger partial charge in [-0.25, -0.2) is 0 Å². The second kappa shape index (κ2) is 6.06. The van der Waals surface area contributed by atoms with Crippen LogP contribution in [0.25, 0.3) is 0 Å². The van der Waals surface area contributed by atoms with Crippen LogP contribution in [0.4, 0.5) is 0 Å². The summed E-state index contributed by atoms with van der Waals surface area (Å²) in [4.78, 5) is 14.4. The van der Waals surface area contributed by atoms with Crippen LogP contribution in [0.3, 0.4) is 0 Å². The van der Waals surface area contributed by atoms with Crippen LogP contribution in [0.15, 0.2) is 18.2 Å². The average Bonchev–Trinajstić information content (AvgIpc) is 2.59. The molecule has 1 aromatic rings. The van der Waals surface area contributed by atoms with Crippen molar-refractivity contribution in [2.45, 2.75) is 26.8 Å². The molecule has 2 heterocycles. The van der Waals surface area contributed by atoms with E-state index in [2.05, 4.69) is 30.1 Å². The molecule has 0 radical (unpaired) electrons. The molecule has 114 valence electrons. The molecule has 0 aliphatic carbocycles. The Labute approximate surface area is 126 Å². The molecule has 0 bridgehead atoms. The predicted molar refractivity (Wildman–Crippen MR) is 82.5 cm³/mol. The molecule has 4 nitrogen and oxygen atoms in total. The van der Waals surface area contributed by atoms with Crippen molar-refractivity contribution < 1.29 is 9.53 Å². The molecule has 2 atom stereocenters. The van der Waals surface area contributed by atoms with Crippen molar-refractivity contribution in [2.24, 2.45) is 11.8 Å². The first kappa shape index (κ1) is 14.4. The molecule has 4 heteroatoms. The molecular weight excluding hydrogens is 264 g/mol. The van der Waals surface area contributed by atoms with Gasteiger partial charge in [0.25, 0.3) is 5.91 Å². The van der Waals surface area contributed by atoms with Crippen LogP contribution in [0.5, 0.6) is 5.75 Å². The highest BCUT2D eigenvalue weighted by Crippen LogP contribution is 2.26. The first-order valence-electron chi connectivity index (χ1n) is 7.88. The van der Waals surface area contributed by atoms with Crippen molar-refractivity contribution in [3.63, 3.8) is 0 Å². The van der Waals surface area contributed by atoms with E-state index in [9.17, 15) is 4.79 Å². The highest BCUT2D eigenvalue weighted by molar-refractivity contribution is 5.97. The Morgan fingerprint density at radius 3 is 2.81 bits per heavy atom. The van der Waals surface area contributed by atoms with Gasteiger partial charge in [0.05, 0.1) is 12.1 Å². The summed E-state index contributed by atoms with van der Waals surface area (Å²) in [5, 5.41) is 2.84. The van der Waals surface area contributed by atoms with E-state index in [0.717, 1.165) is 37.2 Å². The Balaban J connectivity index is 1.74. The van der Waals surface area contributed by atoms with E-state index >= 15 is 0 Å². The Morgan fingerprint density at radius 1 is 1.29 bits per heavy atom. The number of likely N-dealkylation sites (tertiary alicyclic amines) is 1. The van der Waals surface area contributed by atoms with Gasteiger partial charge in [0.15, 0.2) is 0 Å². The number of hydrogen-bond acceptors (Lipinski definition) is 3. The summed E-state index contributed by atoms with van der Waals surface area (Å²) in [6.45, 7) is 9.02. The SMILES string of the molecule is CC1CC(C)CN(Cc2ccc3c(c2)OCCNC3=O)C1. The molecule has 3 rings (SSSR count). The van der Waals surface area contributed by atoms with E-state index in [0.29, 0.717) is 18.7 Å². The summed E-state index contributed by atoms with van der Waals surface area (Å²) in [7, 11) is 0. The number of rotatable bonds is 2. The zero-order valence-electron chi connectivity index (χ0n) is 12.9. The maximum Gasteiger partial charge on any atom is 0.255 e. The summed E-state index contributed by atoms with van der Waals surface area (Å²) >= 11 is 0. The lowest BCUT2D eigenvalue weighted by molar-refractivity contribution is 0.0957. The van der Waals surface area contributed by atoms with E-state index in [1.54, 1.807) is 0 Å². The third kappa shape index (κ3) is 3.38. The molecular formula is C17H24N2O2. The number of nitrogens with zero attached hydrogens (tertiary/aromatic N) is 1. The Hall–Kier alpha value is -1.55. The number of amides is 1. The van der Waals surface area contributed by atoms with Crippen LogP contribution in [0.1, 0.15) is 36.2 Å². The molecule has 2 unspecified atom stereocenters. The van der Waals surface area contributed by atoms with E-state index in [-0.39, 0.29) is 5.91 Å². The molecule has 1 saturated heterocycles. The average molecular weight is 288 g/mol. The summed E-state index contributed by atoms with van der Waals surface area (Å²) in [5.74, 6) is 2.21. The third-order valence-electron chi connectivity index (χ3n) is 4.29. The molecule has 1 fully saturated rings. The summed E-state index contributed by atoms with van der Waals surface area (Å²) in [6.07, 6.45) is 1.32. The van der Waals surface area contributed by atoms with Crippen molar-refractivity contribution in [1.29, 1.82) is 0 Å². The van der Waals surface area contributed by atoms with Crippen molar-refractivity contribution in [2.75, 3.05) is 26.2 Å². The minimum atomic E-state index is -0.0331. The normalized spacial score (nSPS) is 26.5. The molecule has 0 spiro atoms. The van der Waals surface area contributed by atoms with Crippen molar-refractivity contribution in [1.82, 2.24) is 10.2 Å². The third-order valence-corrected chi connectivity index (χ3v) is 4.29. The zero-order valence-corrected chi connectivity index (χ0v) is 12.9. The fourth-order valence-corrected chi connectivity index (χ4v) is 3.57. The van der Waals surface area contributed by atoms with Gasteiger partial charge in [-0.1, -0.05) is 19.9 Å². The van der Waals surface area contributed by atoms with Gasteiger partial charge in [-0.05, 0) is 36.0 Å². The van der Waals surface area contributed by atoms with E-state index in [1.807, 2.05) is 12.1 Å². The number of piperidine rings is 1. The molecule has 1 N–H and O–H groups in total. The minimum absolute atomic E-state index is 0.0331. The lowest BCUT2D eigenvalue weighted by Gasteiger charge is -2.35. The first-order valence-corrected chi connectivity index (χ1v) is 7.88. The van der Waals surface area contributed by atoms with Gasteiger partial charge in [-0.15, -0.1) is 0 Å². The second-order valence-electron chi connectivity index (χ2n) is 6.58. The number of hydrogen-bond donors (Lipinski definition) is 1. The van der Waals surface area contributed by atoms with Gasteiger partial charge in [-0.3, -0.25) is 9.69 Å². The Bertz CT molecular complexity index is 520. The largest absolute Gasteiger partial charge is 0.491 e. The van der Waals surface area contributed by atoms with Crippen molar-refractivity contribution >= 4 is 5.91 Å². The maximum atomic E-state index is 11.9. The maximum absolute atomic E-state index is 11.9. The van der Waals surface area contributed by atoms with Crippen LogP contribution in [0.2, 0.25) is 0 Å². The van der Waals surface area contributed by atoms with Gasteiger partial charge in [0.1, 0.15) is 12.4 Å². The molecule has 2 aliphatic heterocycles. The molecule has 0 saturated carbocycles. The van der Waals surface area contributed by atoms with Gasteiger partial charge in [-0.2, -0.15) is 0 Å². The second-order valence-corrected chi connectivity index (χ2v) is 6.58. The summed E-state index contributed by atoms with van der Waals surface area (Å²) in [6, 6.07) is 5.98. The standard InChI is InChI=1S/C17H24N2O2/c1-12-7-13(2)10-19(9-12)11-14-3-4-15-16(8-14)21-6-5-18-17(15)20/h3-4,8,12-13H,5-7,9-11H2,1-2H3,(H,18,20). The van der Waals surface area contributed by atoms with Crippen LogP contribution in [-0.2, 0) is 6.54 Å². The minimum Gasteiger partial charge on any atom is -0.491 e. The first-order chi connectivity index (χ1) is 10.1. The highest BCUT2D eigenvalue weighted by atomic mass is 16.5. The highest BCUT2D eigenvalue weighted by Gasteiger charge is 2.22. The van der Waals surface area contributed by atoms with Crippen LogP contribution in [-0.4, -0.2) is 37.0 Å². The van der Waals surface area contributed by atoms with Gasteiger partial charge in [0, 0.05) is 19.6 Å². The smallest absolute Gasteiger partial charge is 0.255 e. The molecule has 0 aromatic heterocycles. The predicted octanol–water partition coefficient (Wildman–Crippen LogP) is 2.29. The van der Waals surface area contributed by atoms with E-state index in [4.69, 9.17) is 4.74 Å². The Morgan fingerprint density at radius 2 is 2.05 bits per heavy atom. The van der Waals surface area contributed by atoms with Gasteiger partial charge in [0.2, 0.25) is 0 Å². The van der Waals surface area contributed by atoms with Gasteiger partial charge >= 0.3 is 0 Å². The molecule has 2 aliphatic rings. The van der Waals surface area contributed by atoms with Crippen LogP contribution < -0.4 is 10.1 Å². The lowest BCUT2D eigenvalue weighted by atomic mass is 9.91.